The van der Waals surface area contributed by atoms with E-state index in [2.05, 4.69) is 5.32 Å². The Morgan fingerprint density at radius 3 is 2.58 bits per heavy atom. The summed E-state index contributed by atoms with van der Waals surface area (Å²) in [5.74, 6) is -2.06. The van der Waals surface area contributed by atoms with Gasteiger partial charge in [-0.2, -0.15) is 0 Å². The first kappa shape index (κ1) is 24.1. The predicted octanol–water partition coefficient (Wildman–Crippen LogP) is 2.34. The van der Waals surface area contributed by atoms with Crippen LogP contribution < -0.4 is 15.0 Å². The fourth-order valence-corrected chi connectivity index (χ4v) is 5.69. The van der Waals surface area contributed by atoms with Gasteiger partial charge in [0.25, 0.3) is 11.8 Å². The number of anilines is 1. The van der Waals surface area contributed by atoms with E-state index in [1.165, 1.54) is 36.2 Å². The standard InChI is InChI=1S/C27H25FN4O6/c1-30-13-27(7-8-27)18-11-19(28)21(10-17(18)24(30)35)31(2)26(37)38-15-4-3-14-12-32(25(36)16(14)9-15)20-5-6-22(33)29-23(20)34/h3-4,9-11,20H,5-8,12-13H2,1-2H3,(H,29,33,34). The van der Waals surface area contributed by atoms with Crippen LogP contribution in [-0.4, -0.2) is 66.2 Å². The molecule has 0 bridgehead atoms. The Morgan fingerprint density at radius 1 is 1.11 bits per heavy atom. The quantitative estimate of drug-likeness (QED) is 0.621. The van der Waals surface area contributed by atoms with Gasteiger partial charge in [0.05, 0.1) is 5.69 Å². The third-order valence-electron chi connectivity index (χ3n) is 7.97. The van der Waals surface area contributed by atoms with Crippen molar-refractivity contribution in [3.8, 4) is 5.75 Å². The zero-order valence-electron chi connectivity index (χ0n) is 20.9. The Morgan fingerprint density at radius 2 is 1.87 bits per heavy atom. The number of fused-ring (bicyclic) bond motifs is 3. The highest BCUT2D eigenvalue weighted by molar-refractivity contribution is 6.05. The van der Waals surface area contributed by atoms with E-state index in [4.69, 9.17) is 4.74 Å². The maximum Gasteiger partial charge on any atom is 0.419 e. The SMILES string of the molecule is CN1CC2(CC2)c2cc(F)c(N(C)C(=O)Oc3ccc4c(c3)C(=O)N(C3CCC(=O)NC3=O)C4)cc2C1=O. The van der Waals surface area contributed by atoms with E-state index < -0.39 is 29.8 Å². The summed E-state index contributed by atoms with van der Waals surface area (Å²) in [7, 11) is 3.06. The zero-order chi connectivity index (χ0) is 26.9. The lowest BCUT2D eigenvalue weighted by molar-refractivity contribution is -0.136. The Hall–Kier alpha value is -4.28. The lowest BCUT2D eigenvalue weighted by atomic mass is 9.86. The molecule has 10 nitrogen and oxygen atoms in total. The molecule has 0 radical (unpaired) electrons. The fraction of sp³-hybridized carbons (Fsp3) is 0.370. The maximum absolute atomic E-state index is 15.2. The molecule has 1 saturated heterocycles. The van der Waals surface area contributed by atoms with Gasteiger partial charge >= 0.3 is 6.09 Å². The molecule has 3 heterocycles. The average molecular weight is 521 g/mol. The second-order valence-electron chi connectivity index (χ2n) is 10.4. The molecule has 0 aromatic heterocycles. The highest BCUT2D eigenvalue weighted by atomic mass is 19.1. The summed E-state index contributed by atoms with van der Waals surface area (Å²) >= 11 is 0. The fourth-order valence-electron chi connectivity index (χ4n) is 5.69. The van der Waals surface area contributed by atoms with Crippen LogP contribution in [0.15, 0.2) is 30.3 Å². The second kappa shape index (κ2) is 8.37. The number of benzene rings is 2. The summed E-state index contributed by atoms with van der Waals surface area (Å²) in [6.07, 6.45) is 1.25. The molecule has 1 aliphatic carbocycles. The summed E-state index contributed by atoms with van der Waals surface area (Å²) in [5, 5.41) is 2.25. The molecule has 38 heavy (non-hydrogen) atoms. The van der Waals surface area contributed by atoms with Crippen molar-refractivity contribution in [1.82, 2.24) is 15.1 Å². The molecule has 4 aliphatic rings. The van der Waals surface area contributed by atoms with E-state index in [9.17, 15) is 24.0 Å². The van der Waals surface area contributed by atoms with Gasteiger partial charge in [-0.1, -0.05) is 6.07 Å². The Bertz CT molecular complexity index is 1450. The lowest BCUT2D eigenvalue weighted by Gasteiger charge is -2.33. The lowest BCUT2D eigenvalue weighted by Crippen LogP contribution is -2.52. The number of ether oxygens (including phenoxy) is 1. The van der Waals surface area contributed by atoms with Gasteiger partial charge < -0.3 is 14.5 Å². The first-order valence-electron chi connectivity index (χ1n) is 12.4. The van der Waals surface area contributed by atoms with Gasteiger partial charge in [0.1, 0.15) is 17.6 Å². The molecule has 1 atom stereocenters. The largest absolute Gasteiger partial charge is 0.419 e. The number of amides is 5. The number of halogens is 1. The minimum Gasteiger partial charge on any atom is -0.410 e. The normalized spacial score (nSPS) is 21.3. The smallest absolute Gasteiger partial charge is 0.410 e. The van der Waals surface area contributed by atoms with E-state index in [1.54, 1.807) is 18.0 Å². The number of carbonyl (C=O) groups is 5. The molecule has 1 spiro atoms. The first-order chi connectivity index (χ1) is 18.1. The summed E-state index contributed by atoms with van der Waals surface area (Å²) < 4.78 is 20.6. The third kappa shape index (κ3) is 3.72. The molecule has 2 aromatic rings. The van der Waals surface area contributed by atoms with Gasteiger partial charge in [0, 0.05) is 50.1 Å². The van der Waals surface area contributed by atoms with Crippen molar-refractivity contribution in [2.45, 2.75) is 43.7 Å². The van der Waals surface area contributed by atoms with E-state index in [0.717, 1.165) is 17.7 Å². The number of likely N-dealkylation sites (N-methyl/N-ethyl adjacent to an activating group) is 1. The topological polar surface area (TPSA) is 116 Å². The van der Waals surface area contributed by atoms with Gasteiger partial charge in [0.2, 0.25) is 11.8 Å². The predicted molar refractivity (Wildman–Crippen MR) is 131 cm³/mol. The van der Waals surface area contributed by atoms with Crippen LogP contribution in [0.25, 0.3) is 0 Å². The zero-order valence-corrected chi connectivity index (χ0v) is 20.9. The third-order valence-corrected chi connectivity index (χ3v) is 7.97. The molecule has 2 fully saturated rings. The van der Waals surface area contributed by atoms with Crippen LogP contribution in [0.3, 0.4) is 0 Å². The average Bonchev–Trinajstić information content (AvgIpc) is 3.58. The maximum atomic E-state index is 15.2. The Labute approximate surface area is 217 Å². The highest BCUT2D eigenvalue weighted by Gasteiger charge is 2.51. The van der Waals surface area contributed by atoms with Gasteiger partial charge in [-0.05, 0) is 54.7 Å². The minimum absolute atomic E-state index is 0.0742. The highest BCUT2D eigenvalue weighted by Crippen LogP contribution is 2.52. The van der Waals surface area contributed by atoms with Crippen LogP contribution in [0, 0.1) is 5.82 Å². The molecule has 3 aliphatic heterocycles. The van der Waals surface area contributed by atoms with Crippen molar-refractivity contribution in [3.05, 3.63) is 58.4 Å². The molecule has 1 N–H and O–H groups in total. The van der Waals surface area contributed by atoms with Crippen LogP contribution in [0.5, 0.6) is 5.75 Å². The van der Waals surface area contributed by atoms with Crippen molar-refractivity contribution in [1.29, 1.82) is 0 Å². The summed E-state index contributed by atoms with van der Waals surface area (Å²) in [6, 6.07) is 6.55. The number of hydrogen-bond donors (Lipinski definition) is 1. The first-order valence-corrected chi connectivity index (χ1v) is 12.4. The molecule has 2 aromatic carbocycles. The van der Waals surface area contributed by atoms with E-state index in [0.29, 0.717) is 23.2 Å². The molecule has 1 saturated carbocycles. The van der Waals surface area contributed by atoms with Crippen molar-refractivity contribution in [2.75, 3.05) is 25.5 Å². The van der Waals surface area contributed by atoms with Gasteiger partial charge in [0.15, 0.2) is 0 Å². The van der Waals surface area contributed by atoms with Crippen molar-refractivity contribution in [3.63, 3.8) is 0 Å². The minimum atomic E-state index is -0.894. The van der Waals surface area contributed by atoms with Gasteiger partial charge in [-0.15, -0.1) is 0 Å². The number of nitrogens with zero attached hydrogens (tertiary/aromatic N) is 3. The van der Waals surface area contributed by atoms with Gasteiger partial charge in [-0.25, -0.2) is 9.18 Å². The number of piperidine rings is 1. The molecule has 11 heteroatoms. The van der Waals surface area contributed by atoms with E-state index in [1.807, 2.05) is 0 Å². The summed E-state index contributed by atoms with van der Waals surface area (Å²) in [6.45, 7) is 0.742. The van der Waals surface area contributed by atoms with Crippen LogP contribution in [0.1, 0.15) is 57.5 Å². The van der Waals surface area contributed by atoms with E-state index >= 15 is 4.39 Å². The summed E-state index contributed by atoms with van der Waals surface area (Å²) in [5.41, 5.74) is 1.70. The Balaban J connectivity index is 1.21. The number of nitrogens with one attached hydrogen (secondary N) is 1. The summed E-state index contributed by atoms with van der Waals surface area (Å²) in [4.78, 5) is 66.5. The van der Waals surface area contributed by atoms with Crippen LogP contribution >= 0.6 is 0 Å². The molecule has 5 amide bonds. The van der Waals surface area contributed by atoms with Crippen LogP contribution in [-0.2, 0) is 21.5 Å². The number of carbonyl (C=O) groups excluding carboxylic acids is 5. The van der Waals surface area contributed by atoms with Crippen molar-refractivity contribution in [2.24, 2.45) is 0 Å². The number of rotatable bonds is 3. The van der Waals surface area contributed by atoms with Crippen LogP contribution in [0.4, 0.5) is 14.9 Å². The molecule has 1 unspecified atom stereocenters. The number of hydrogen-bond acceptors (Lipinski definition) is 6. The number of imide groups is 1. The van der Waals surface area contributed by atoms with Crippen molar-refractivity contribution < 1.29 is 33.1 Å². The second-order valence-corrected chi connectivity index (χ2v) is 10.4. The molecular formula is C27H25FN4O6. The molecular weight excluding hydrogens is 495 g/mol. The molecule has 196 valence electrons. The van der Waals surface area contributed by atoms with E-state index in [-0.39, 0.29) is 53.6 Å². The Kier molecular flexibility index (Phi) is 5.30. The van der Waals surface area contributed by atoms with Gasteiger partial charge in [-0.3, -0.25) is 29.4 Å². The molecule has 6 rings (SSSR count). The van der Waals surface area contributed by atoms with Crippen molar-refractivity contribution >= 4 is 35.4 Å². The van der Waals surface area contributed by atoms with Crippen LogP contribution in [0.2, 0.25) is 0 Å². The monoisotopic (exact) mass is 520 g/mol.